The first-order chi connectivity index (χ1) is 9.00. The molecule has 19 heavy (non-hydrogen) atoms. The minimum atomic E-state index is -0.539. The average molecular weight is 271 g/mol. The molecule has 3 N–H and O–H groups in total. The van der Waals surface area contributed by atoms with Gasteiger partial charge >= 0.3 is 0 Å². The minimum absolute atomic E-state index is 0.227. The van der Waals surface area contributed by atoms with E-state index >= 15 is 0 Å². The molecule has 1 amide bonds. The summed E-state index contributed by atoms with van der Waals surface area (Å²) in [5, 5.41) is 3.16. The fourth-order valence-corrected chi connectivity index (χ4v) is 3.37. The molecule has 0 saturated heterocycles. The summed E-state index contributed by atoms with van der Waals surface area (Å²) < 4.78 is 5.25. The number of methoxy groups -OCH3 is 1. The third kappa shape index (κ3) is 3.68. The summed E-state index contributed by atoms with van der Waals surface area (Å²) in [7, 11) is 3.56. The molecule has 0 spiro atoms. The molecule has 5 nitrogen and oxygen atoms in total. The first-order valence-corrected chi connectivity index (χ1v) is 7.24. The molecule has 0 radical (unpaired) electrons. The molecule has 0 heterocycles. The first-order valence-electron chi connectivity index (χ1n) is 7.24. The van der Waals surface area contributed by atoms with Crippen molar-refractivity contribution in [2.45, 2.75) is 57.2 Å². The molecule has 1 aliphatic rings. The Balaban J connectivity index is 2.79. The Morgan fingerprint density at radius 1 is 1.63 bits per heavy atom. The molecule has 1 rings (SSSR count). The van der Waals surface area contributed by atoms with Gasteiger partial charge in [-0.15, -0.1) is 0 Å². The summed E-state index contributed by atoms with van der Waals surface area (Å²) in [6.07, 6.45) is 3.79. The van der Waals surface area contributed by atoms with Gasteiger partial charge in [-0.1, -0.05) is 6.92 Å². The maximum absolute atomic E-state index is 11.8. The molecule has 0 bridgehead atoms. The van der Waals surface area contributed by atoms with Crippen LogP contribution in [0.3, 0.4) is 0 Å². The molecule has 112 valence electrons. The Hall–Kier alpha value is -0.650. The van der Waals surface area contributed by atoms with Crippen LogP contribution in [-0.2, 0) is 9.53 Å². The molecular weight excluding hydrogens is 242 g/mol. The smallest absolute Gasteiger partial charge is 0.237 e. The van der Waals surface area contributed by atoms with Crippen LogP contribution in [0.25, 0.3) is 0 Å². The van der Waals surface area contributed by atoms with Crippen LogP contribution >= 0.6 is 0 Å². The molecule has 0 aromatic rings. The van der Waals surface area contributed by atoms with Crippen LogP contribution in [0.2, 0.25) is 0 Å². The van der Waals surface area contributed by atoms with Gasteiger partial charge < -0.3 is 15.8 Å². The van der Waals surface area contributed by atoms with Gasteiger partial charge in [-0.2, -0.15) is 0 Å². The molecule has 0 aliphatic heterocycles. The van der Waals surface area contributed by atoms with E-state index in [1.54, 1.807) is 7.11 Å². The maximum atomic E-state index is 11.8. The zero-order chi connectivity index (χ0) is 14.5. The van der Waals surface area contributed by atoms with Crippen molar-refractivity contribution in [2.24, 2.45) is 5.73 Å². The SMILES string of the molecule is CCN(C(C)COC)C1CCCC(NC)(C(N)=O)C1. The largest absolute Gasteiger partial charge is 0.383 e. The number of amides is 1. The summed E-state index contributed by atoms with van der Waals surface area (Å²) in [4.78, 5) is 14.2. The zero-order valence-corrected chi connectivity index (χ0v) is 12.7. The van der Waals surface area contributed by atoms with Crippen molar-refractivity contribution in [3.8, 4) is 0 Å². The van der Waals surface area contributed by atoms with E-state index in [1.165, 1.54) is 0 Å². The Labute approximate surface area is 116 Å². The highest BCUT2D eigenvalue weighted by atomic mass is 16.5. The summed E-state index contributed by atoms with van der Waals surface area (Å²) in [6, 6.07) is 0.754. The lowest BCUT2D eigenvalue weighted by Crippen LogP contribution is -2.60. The van der Waals surface area contributed by atoms with Gasteiger partial charge in [0.25, 0.3) is 0 Å². The Kier molecular flexibility index (Phi) is 6.23. The van der Waals surface area contributed by atoms with Gasteiger partial charge in [0, 0.05) is 19.2 Å². The Bertz CT molecular complexity index is 298. The van der Waals surface area contributed by atoms with Gasteiger partial charge in [-0.3, -0.25) is 9.69 Å². The fourth-order valence-electron chi connectivity index (χ4n) is 3.37. The van der Waals surface area contributed by atoms with Gasteiger partial charge in [0.2, 0.25) is 5.91 Å². The van der Waals surface area contributed by atoms with Gasteiger partial charge in [0.05, 0.1) is 12.1 Å². The number of ether oxygens (including phenoxy) is 1. The Morgan fingerprint density at radius 2 is 2.32 bits per heavy atom. The first kappa shape index (κ1) is 16.4. The number of carbonyl (C=O) groups is 1. The lowest BCUT2D eigenvalue weighted by Gasteiger charge is -2.44. The predicted octanol–water partition coefficient (Wildman–Crippen LogP) is 0.729. The molecule has 3 unspecified atom stereocenters. The maximum Gasteiger partial charge on any atom is 0.237 e. The van der Waals surface area contributed by atoms with Crippen molar-refractivity contribution in [1.82, 2.24) is 10.2 Å². The van der Waals surface area contributed by atoms with Crippen molar-refractivity contribution in [1.29, 1.82) is 0 Å². The van der Waals surface area contributed by atoms with Crippen LogP contribution in [0.1, 0.15) is 39.5 Å². The highest BCUT2D eigenvalue weighted by molar-refractivity contribution is 5.84. The van der Waals surface area contributed by atoms with E-state index in [0.29, 0.717) is 18.7 Å². The standard InChI is InChI=1S/C14H29N3O2/c1-5-17(11(2)10-19-4)12-7-6-8-14(9-12,16-3)13(15)18/h11-12,16H,5-10H2,1-4H3,(H2,15,18). The molecule has 0 aromatic heterocycles. The van der Waals surface area contributed by atoms with Crippen molar-refractivity contribution >= 4 is 5.91 Å². The number of hydrogen-bond donors (Lipinski definition) is 2. The molecule has 1 saturated carbocycles. The monoisotopic (exact) mass is 271 g/mol. The van der Waals surface area contributed by atoms with E-state index in [4.69, 9.17) is 10.5 Å². The normalized spacial score (nSPS) is 29.4. The number of nitrogens with zero attached hydrogens (tertiary/aromatic N) is 1. The van der Waals surface area contributed by atoms with E-state index < -0.39 is 5.54 Å². The second-order valence-electron chi connectivity index (χ2n) is 5.58. The second-order valence-corrected chi connectivity index (χ2v) is 5.58. The third-order valence-corrected chi connectivity index (χ3v) is 4.48. The highest BCUT2D eigenvalue weighted by Gasteiger charge is 2.42. The van der Waals surface area contributed by atoms with E-state index in [2.05, 4.69) is 24.1 Å². The highest BCUT2D eigenvalue weighted by Crippen LogP contribution is 2.31. The van der Waals surface area contributed by atoms with Crippen molar-refractivity contribution in [3.63, 3.8) is 0 Å². The lowest BCUT2D eigenvalue weighted by molar-refractivity contribution is -0.126. The number of rotatable bonds is 7. The number of carbonyl (C=O) groups excluding carboxylic acids is 1. The molecule has 1 aliphatic carbocycles. The quantitative estimate of drug-likeness (QED) is 0.716. The number of nitrogens with two attached hydrogens (primary N) is 1. The van der Waals surface area contributed by atoms with E-state index in [-0.39, 0.29) is 5.91 Å². The molecule has 5 heteroatoms. The van der Waals surface area contributed by atoms with Crippen LogP contribution in [0.4, 0.5) is 0 Å². The molecule has 3 atom stereocenters. The number of likely N-dealkylation sites (N-methyl/N-ethyl adjacent to an activating group) is 2. The third-order valence-electron chi connectivity index (χ3n) is 4.48. The molecular formula is C14H29N3O2. The van der Waals surface area contributed by atoms with E-state index in [1.807, 2.05) is 7.05 Å². The van der Waals surface area contributed by atoms with Crippen LogP contribution < -0.4 is 11.1 Å². The summed E-state index contributed by atoms with van der Waals surface area (Å²) >= 11 is 0. The van der Waals surface area contributed by atoms with Gasteiger partial charge in [0.1, 0.15) is 0 Å². The number of nitrogens with one attached hydrogen (secondary N) is 1. The summed E-state index contributed by atoms with van der Waals surface area (Å²) in [6.45, 7) is 6.01. The van der Waals surface area contributed by atoms with Crippen molar-refractivity contribution < 1.29 is 9.53 Å². The van der Waals surface area contributed by atoms with E-state index in [0.717, 1.165) is 32.2 Å². The number of primary amides is 1. The van der Waals surface area contributed by atoms with Crippen LogP contribution in [0, 0.1) is 0 Å². The van der Waals surface area contributed by atoms with Gasteiger partial charge in [0.15, 0.2) is 0 Å². The van der Waals surface area contributed by atoms with Crippen LogP contribution in [0.15, 0.2) is 0 Å². The van der Waals surface area contributed by atoms with Crippen LogP contribution in [0.5, 0.6) is 0 Å². The van der Waals surface area contributed by atoms with E-state index in [9.17, 15) is 4.79 Å². The topological polar surface area (TPSA) is 67.6 Å². The average Bonchev–Trinajstić information content (AvgIpc) is 2.40. The summed E-state index contributed by atoms with van der Waals surface area (Å²) in [5.74, 6) is -0.227. The number of hydrogen-bond acceptors (Lipinski definition) is 4. The van der Waals surface area contributed by atoms with Crippen molar-refractivity contribution in [2.75, 3.05) is 27.3 Å². The lowest BCUT2D eigenvalue weighted by atomic mass is 9.77. The fraction of sp³-hybridized carbons (Fsp3) is 0.929. The second kappa shape index (κ2) is 7.22. The van der Waals surface area contributed by atoms with Gasteiger partial charge in [-0.05, 0) is 46.2 Å². The minimum Gasteiger partial charge on any atom is -0.383 e. The predicted molar refractivity (Wildman–Crippen MR) is 77.0 cm³/mol. The van der Waals surface area contributed by atoms with Crippen LogP contribution in [-0.4, -0.2) is 55.7 Å². The summed E-state index contributed by atoms with van der Waals surface area (Å²) in [5.41, 5.74) is 5.07. The Morgan fingerprint density at radius 3 is 2.79 bits per heavy atom. The van der Waals surface area contributed by atoms with Crippen molar-refractivity contribution in [3.05, 3.63) is 0 Å². The molecule has 0 aromatic carbocycles. The molecule has 1 fully saturated rings. The van der Waals surface area contributed by atoms with Gasteiger partial charge in [-0.25, -0.2) is 0 Å². The zero-order valence-electron chi connectivity index (χ0n) is 12.7.